The fourth-order valence-corrected chi connectivity index (χ4v) is 3.62. The molecule has 3 rings (SSSR count). The molecule has 30 heavy (non-hydrogen) atoms. The molecule has 0 saturated heterocycles. The van der Waals surface area contributed by atoms with E-state index in [4.69, 9.17) is 5.11 Å². The second kappa shape index (κ2) is 10.6. The summed E-state index contributed by atoms with van der Waals surface area (Å²) in [5.74, 6) is -0.579. The molecule has 1 heterocycles. The zero-order valence-electron chi connectivity index (χ0n) is 16.2. The molecule has 0 unspecified atom stereocenters. The van der Waals surface area contributed by atoms with E-state index in [1.165, 1.54) is 4.57 Å². The summed E-state index contributed by atoms with van der Waals surface area (Å²) in [6, 6.07) is 15.7. The van der Waals surface area contributed by atoms with Crippen LogP contribution in [0.25, 0.3) is 10.9 Å². The lowest BCUT2D eigenvalue weighted by Crippen LogP contribution is -2.40. The van der Waals surface area contributed by atoms with Crippen molar-refractivity contribution in [3.05, 3.63) is 70.5 Å². The number of amides is 3. The number of rotatable bonds is 8. The fraction of sp³-hybridized carbons (Fsp3) is 0.238. The van der Waals surface area contributed by atoms with E-state index in [9.17, 15) is 14.4 Å². The van der Waals surface area contributed by atoms with Gasteiger partial charge >= 0.3 is 6.03 Å². The van der Waals surface area contributed by atoms with Crippen molar-refractivity contribution < 1.29 is 14.7 Å². The number of hydrogen-bond acceptors (Lipinski definition) is 6. The van der Waals surface area contributed by atoms with Crippen LogP contribution in [0.4, 0.5) is 4.79 Å². The number of hydrogen-bond donors (Lipinski definition) is 3. The summed E-state index contributed by atoms with van der Waals surface area (Å²) in [5, 5.41) is 14.9. The van der Waals surface area contributed by atoms with Gasteiger partial charge in [0.15, 0.2) is 5.16 Å². The predicted molar refractivity (Wildman–Crippen MR) is 115 cm³/mol. The molecule has 0 spiro atoms. The second-order valence-corrected chi connectivity index (χ2v) is 7.39. The molecule has 0 bridgehead atoms. The standard InChI is InChI=1S/C21H22N4O4S/c26-12-6-11-25-19(28)16-9-4-5-10-17(16)23-21(25)30-14-18(27)24-20(29)22-13-15-7-2-1-3-8-15/h1-5,7-10,26H,6,11-14H2,(H2,22,24,27,29). The molecule has 0 fully saturated rings. The average Bonchev–Trinajstić information content (AvgIpc) is 2.76. The molecule has 1 aromatic heterocycles. The molecular formula is C21H22N4O4S. The van der Waals surface area contributed by atoms with E-state index in [-0.39, 0.29) is 24.5 Å². The minimum Gasteiger partial charge on any atom is -0.396 e. The highest BCUT2D eigenvalue weighted by molar-refractivity contribution is 7.99. The maximum atomic E-state index is 12.8. The van der Waals surface area contributed by atoms with E-state index >= 15 is 0 Å². The van der Waals surface area contributed by atoms with Crippen molar-refractivity contribution >= 4 is 34.6 Å². The minimum atomic E-state index is -0.589. The monoisotopic (exact) mass is 426 g/mol. The third kappa shape index (κ3) is 5.68. The molecule has 9 heteroatoms. The van der Waals surface area contributed by atoms with Gasteiger partial charge in [-0.3, -0.25) is 19.5 Å². The first-order valence-corrected chi connectivity index (χ1v) is 10.4. The molecule has 2 aromatic carbocycles. The van der Waals surface area contributed by atoms with Gasteiger partial charge in [0.2, 0.25) is 5.91 Å². The highest BCUT2D eigenvalue weighted by Crippen LogP contribution is 2.18. The summed E-state index contributed by atoms with van der Waals surface area (Å²) >= 11 is 1.07. The molecule has 0 radical (unpaired) electrons. The first-order valence-electron chi connectivity index (χ1n) is 9.43. The van der Waals surface area contributed by atoms with Gasteiger partial charge in [0, 0.05) is 19.7 Å². The fourth-order valence-electron chi connectivity index (χ4n) is 2.80. The molecule has 0 atom stereocenters. The molecule has 3 N–H and O–H groups in total. The van der Waals surface area contributed by atoms with Crippen LogP contribution >= 0.6 is 11.8 Å². The van der Waals surface area contributed by atoms with Crippen LogP contribution in [0.1, 0.15) is 12.0 Å². The smallest absolute Gasteiger partial charge is 0.321 e. The van der Waals surface area contributed by atoms with Gasteiger partial charge in [-0.1, -0.05) is 54.2 Å². The van der Waals surface area contributed by atoms with Gasteiger partial charge < -0.3 is 10.4 Å². The first-order chi connectivity index (χ1) is 14.6. The largest absolute Gasteiger partial charge is 0.396 e. The lowest BCUT2D eigenvalue weighted by Gasteiger charge is -2.12. The first kappa shape index (κ1) is 21.5. The normalized spacial score (nSPS) is 10.7. The van der Waals surface area contributed by atoms with E-state index < -0.39 is 11.9 Å². The molecule has 0 saturated carbocycles. The number of aliphatic hydroxyl groups is 1. The van der Waals surface area contributed by atoms with Crippen LogP contribution in [0.3, 0.4) is 0 Å². The third-order valence-electron chi connectivity index (χ3n) is 4.25. The van der Waals surface area contributed by atoms with Crippen molar-refractivity contribution in [2.75, 3.05) is 12.4 Å². The van der Waals surface area contributed by atoms with Crippen molar-refractivity contribution in [1.29, 1.82) is 0 Å². The molecule has 3 amide bonds. The second-order valence-electron chi connectivity index (χ2n) is 6.45. The zero-order chi connectivity index (χ0) is 21.3. The Morgan fingerprint density at radius 3 is 2.57 bits per heavy atom. The van der Waals surface area contributed by atoms with Crippen LogP contribution in [0, 0.1) is 0 Å². The van der Waals surface area contributed by atoms with E-state index in [1.54, 1.807) is 24.3 Å². The molecule has 156 valence electrons. The van der Waals surface area contributed by atoms with Crippen molar-refractivity contribution in [1.82, 2.24) is 20.2 Å². The van der Waals surface area contributed by atoms with Crippen LogP contribution in [-0.2, 0) is 17.9 Å². The number of aromatic nitrogens is 2. The lowest BCUT2D eigenvalue weighted by molar-refractivity contribution is -0.117. The van der Waals surface area contributed by atoms with E-state index in [1.807, 2.05) is 30.3 Å². The maximum Gasteiger partial charge on any atom is 0.321 e. The van der Waals surface area contributed by atoms with Crippen molar-refractivity contribution in [3.8, 4) is 0 Å². The minimum absolute atomic E-state index is 0.0640. The number of nitrogens with zero attached hydrogens (tertiary/aromatic N) is 2. The number of benzene rings is 2. The average molecular weight is 426 g/mol. The molecule has 0 aliphatic carbocycles. The summed E-state index contributed by atoms with van der Waals surface area (Å²) in [7, 11) is 0. The Balaban J connectivity index is 1.63. The summed E-state index contributed by atoms with van der Waals surface area (Å²) < 4.78 is 1.45. The summed E-state index contributed by atoms with van der Waals surface area (Å²) in [4.78, 5) is 41.3. The van der Waals surface area contributed by atoms with Gasteiger partial charge in [0.05, 0.1) is 16.7 Å². The Hall–Kier alpha value is -3.17. The Morgan fingerprint density at radius 1 is 1.07 bits per heavy atom. The summed E-state index contributed by atoms with van der Waals surface area (Å²) in [5.41, 5.74) is 1.23. The predicted octanol–water partition coefficient (Wildman–Crippen LogP) is 1.90. The number of thioether (sulfide) groups is 1. The Kier molecular flexibility index (Phi) is 7.58. The molecule has 0 aliphatic rings. The number of carbonyl (C=O) groups is 2. The number of imide groups is 1. The van der Waals surface area contributed by atoms with Gasteiger partial charge in [-0.15, -0.1) is 0 Å². The van der Waals surface area contributed by atoms with E-state index in [0.717, 1.165) is 17.3 Å². The summed E-state index contributed by atoms with van der Waals surface area (Å²) in [6.45, 7) is 0.528. The number of carbonyl (C=O) groups excluding carboxylic acids is 2. The maximum absolute atomic E-state index is 12.8. The number of para-hydroxylation sites is 1. The van der Waals surface area contributed by atoms with Gasteiger partial charge in [-0.25, -0.2) is 9.78 Å². The van der Waals surface area contributed by atoms with Gasteiger partial charge in [0.25, 0.3) is 5.56 Å². The lowest BCUT2D eigenvalue weighted by atomic mass is 10.2. The Bertz CT molecular complexity index is 1090. The van der Waals surface area contributed by atoms with Gasteiger partial charge in [-0.05, 0) is 24.1 Å². The Labute approximate surface area is 177 Å². The van der Waals surface area contributed by atoms with E-state index in [0.29, 0.717) is 29.0 Å². The number of urea groups is 1. The highest BCUT2D eigenvalue weighted by atomic mass is 32.2. The zero-order valence-corrected chi connectivity index (χ0v) is 17.0. The quantitative estimate of drug-likeness (QED) is 0.375. The van der Waals surface area contributed by atoms with Crippen LogP contribution in [0.15, 0.2) is 64.5 Å². The van der Waals surface area contributed by atoms with E-state index in [2.05, 4.69) is 15.6 Å². The SMILES string of the molecule is O=C(CSc1nc2ccccc2c(=O)n1CCCO)NC(=O)NCc1ccccc1. The van der Waals surface area contributed by atoms with Crippen LogP contribution < -0.4 is 16.2 Å². The topological polar surface area (TPSA) is 113 Å². The van der Waals surface area contributed by atoms with Crippen LogP contribution in [0.2, 0.25) is 0 Å². The molecule has 8 nitrogen and oxygen atoms in total. The molecule has 3 aromatic rings. The van der Waals surface area contributed by atoms with Crippen molar-refractivity contribution in [3.63, 3.8) is 0 Å². The number of fused-ring (bicyclic) bond motifs is 1. The van der Waals surface area contributed by atoms with Crippen LogP contribution in [0.5, 0.6) is 0 Å². The highest BCUT2D eigenvalue weighted by Gasteiger charge is 2.14. The van der Waals surface area contributed by atoms with Crippen LogP contribution in [-0.4, -0.2) is 39.0 Å². The van der Waals surface area contributed by atoms with Crippen molar-refractivity contribution in [2.24, 2.45) is 0 Å². The Morgan fingerprint density at radius 2 is 1.80 bits per heavy atom. The number of nitrogens with one attached hydrogen (secondary N) is 2. The summed E-state index contributed by atoms with van der Waals surface area (Å²) in [6.07, 6.45) is 0.390. The molecular weight excluding hydrogens is 404 g/mol. The van der Waals surface area contributed by atoms with Gasteiger partial charge in [-0.2, -0.15) is 0 Å². The van der Waals surface area contributed by atoms with Gasteiger partial charge in [0.1, 0.15) is 0 Å². The number of aliphatic hydroxyl groups excluding tert-OH is 1. The third-order valence-corrected chi connectivity index (χ3v) is 5.22. The van der Waals surface area contributed by atoms with Crippen molar-refractivity contribution in [2.45, 2.75) is 24.7 Å². The molecule has 0 aliphatic heterocycles.